The molecule has 2 aliphatic rings. The molecule has 9 heteroatoms. The smallest absolute Gasteiger partial charge is 0.261 e. The molecule has 0 saturated heterocycles. The van der Waals surface area contributed by atoms with E-state index in [2.05, 4.69) is 129 Å². The lowest BCUT2D eigenvalue weighted by atomic mass is 9.94. The lowest BCUT2D eigenvalue weighted by Crippen LogP contribution is -2.34. The van der Waals surface area contributed by atoms with E-state index in [0.717, 1.165) is 103 Å². The molecule has 0 spiro atoms. The number of carbonyl (C=O) groups excluding carboxylic acids is 2. The van der Waals surface area contributed by atoms with Crippen LogP contribution >= 0.6 is 56.7 Å². The first kappa shape index (κ1) is 55.7. The third-order valence-corrected chi connectivity index (χ3v) is 21.1. The zero-order chi connectivity index (χ0) is 50.6. The molecule has 0 aliphatic carbocycles. The van der Waals surface area contributed by atoms with Crippen molar-refractivity contribution in [3.8, 4) is 29.3 Å². The Morgan fingerprint density at radius 2 is 0.986 bits per heavy atom. The molecule has 7 rings (SSSR count). The summed E-state index contributed by atoms with van der Waals surface area (Å²) >= 11 is 9.21. The van der Waals surface area contributed by atoms with Crippen molar-refractivity contribution in [2.75, 3.05) is 13.1 Å². The number of fused-ring (bicyclic) bond motifs is 1. The van der Waals surface area contributed by atoms with E-state index < -0.39 is 0 Å². The highest BCUT2D eigenvalue weighted by molar-refractivity contribution is 7.28. The summed E-state index contributed by atoms with van der Waals surface area (Å²) in [6, 6.07) is 18.3. The van der Waals surface area contributed by atoms with Gasteiger partial charge in [-0.1, -0.05) is 152 Å². The number of nitrogens with zero attached hydrogens (tertiary/aromatic N) is 2. The maximum atomic E-state index is 15.3. The number of carbonyl (C=O) groups is 2. The van der Waals surface area contributed by atoms with Crippen molar-refractivity contribution in [2.45, 2.75) is 185 Å². The molecule has 2 amide bonds. The highest BCUT2D eigenvalue weighted by Crippen LogP contribution is 2.52. The molecule has 0 aromatic carbocycles. The Hall–Kier alpha value is -3.08. The van der Waals surface area contributed by atoms with E-state index in [4.69, 9.17) is 0 Å². The summed E-state index contributed by atoms with van der Waals surface area (Å²) in [5, 5.41) is 4.37. The van der Waals surface area contributed by atoms with Gasteiger partial charge in [-0.15, -0.1) is 56.7 Å². The van der Waals surface area contributed by atoms with Crippen LogP contribution in [-0.2, 0) is 22.4 Å². The Morgan fingerprint density at radius 3 is 1.52 bits per heavy atom. The van der Waals surface area contributed by atoms with Crippen LogP contribution in [0.5, 0.6) is 0 Å². The third kappa shape index (κ3) is 14.0. The molecule has 4 unspecified atom stereocenters. The Bertz CT molecular complexity index is 2520. The molecule has 0 bridgehead atoms. The van der Waals surface area contributed by atoms with Gasteiger partial charge in [0.1, 0.15) is 0 Å². The van der Waals surface area contributed by atoms with E-state index >= 15 is 9.59 Å². The maximum Gasteiger partial charge on any atom is 0.261 e. The van der Waals surface area contributed by atoms with Crippen LogP contribution in [0.25, 0.3) is 40.7 Å². The fourth-order valence-electron chi connectivity index (χ4n) is 10.7. The van der Waals surface area contributed by atoms with E-state index in [1.807, 2.05) is 43.8 Å². The molecule has 0 N–H and O–H groups in total. The van der Waals surface area contributed by atoms with Crippen LogP contribution in [-0.4, -0.2) is 34.7 Å². The molecule has 4 atom stereocenters. The first-order valence-corrected chi connectivity index (χ1v) is 32.1. The van der Waals surface area contributed by atoms with Gasteiger partial charge in [-0.25, -0.2) is 0 Å². The average Bonchev–Trinajstić information content (AvgIpc) is 4.22. The van der Waals surface area contributed by atoms with Crippen LogP contribution in [0.4, 0.5) is 0 Å². The Kier molecular flexibility index (Phi) is 21.1. The summed E-state index contributed by atoms with van der Waals surface area (Å²) in [5.41, 5.74) is 5.86. The average molecular weight is 1050 g/mol. The Labute approximate surface area is 450 Å². The fraction of sp³-hybridized carbons (Fsp3) is 0.581. The van der Waals surface area contributed by atoms with Crippen LogP contribution in [0, 0.1) is 35.5 Å². The van der Waals surface area contributed by atoms with Gasteiger partial charge in [-0.05, 0) is 138 Å². The van der Waals surface area contributed by atoms with Crippen LogP contribution in [0.3, 0.4) is 0 Å². The number of thiophene rings is 5. The lowest BCUT2D eigenvalue weighted by molar-refractivity contribution is -0.124. The molecule has 0 fully saturated rings. The van der Waals surface area contributed by atoms with E-state index in [-0.39, 0.29) is 11.8 Å². The minimum atomic E-state index is 0.00450. The second-order valence-corrected chi connectivity index (χ2v) is 27.2. The highest BCUT2D eigenvalue weighted by atomic mass is 32.1. The molecule has 0 radical (unpaired) electrons. The van der Waals surface area contributed by atoms with Crippen molar-refractivity contribution in [1.82, 2.24) is 9.80 Å². The van der Waals surface area contributed by atoms with Gasteiger partial charge < -0.3 is 9.80 Å². The SMILES string of the molecule is CCCCC(CC)CN1C(=O)C2=C(c3ccc(-c4sc(-c5ccc(-c6sccc6CCC(C)CCCC(C)C)s5)cc4CCC(C)CCCC(C)C)s3)N(CC(CC)CCCC)C(=O)C2=C1c1cccs1. The number of hydrogen-bond acceptors (Lipinski definition) is 7. The van der Waals surface area contributed by atoms with Gasteiger partial charge in [-0.2, -0.15) is 0 Å². The summed E-state index contributed by atoms with van der Waals surface area (Å²) in [6.45, 7) is 24.5. The van der Waals surface area contributed by atoms with Crippen molar-refractivity contribution < 1.29 is 9.59 Å². The molecular weight excluding hydrogens is 965 g/mol. The predicted molar refractivity (Wildman–Crippen MR) is 315 cm³/mol. The second kappa shape index (κ2) is 26.9. The van der Waals surface area contributed by atoms with Gasteiger partial charge >= 0.3 is 0 Å². The van der Waals surface area contributed by atoms with E-state index in [0.29, 0.717) is 42.0 Å². The number of aryl methyl sites for hydroxylation is 2. The van der Waals surface area contributed by atoms with Crippen molar-refractivity contribution in [3.05, 3.63) is 91.3 Å². The van der Waals surface area contributed by atoms with Crippen LogP contribution in [0.2, 0.25) is 0 Å². The monoisotopic (exact) mass is 1050 g/mol. The second-order valence-electron chi connectivity index (χ2n) is 22.1. The van der Waals surface area contributed by atoms with E-state index in [1.165, 1.54) is 91.8 Å². The van der Waals surface area contributed by atoms with Crippen LogP contribution < -0.4 is 0 Å². The van der Waals surface area contributed by atoms with Crippen LogP contribution in [0.1, 0.15) is 193 Å². The molecule has 0 saturated carbocycles. The van der Waals surface area contributed by atoms with Crippen molar-refractivity contribution >= 4 is 79.9 Å². The van der Waals surface area contributed by atoms with Gasteiger partial charge in [-0.3, -0.25) is 9.59 Å². The normalized spacial score (nSPS) is 15.9. The van der Waals surface area contributed by atoms with E-state index in [1.54, 1.807) is 22.7 Å². The highest BCUT2D eigenvalue weighted by Gasteiger charge is 2.50. The summed E-state index contributed by atoms with van der Waals surface area (Å²) in [6.07, 6.45) is 21.2. The number of hydrogen-bond donors (Lipinski definition) is 0. The van der Waals surface area contributed by atoms with E-state index in [9.17, 15) is 0 Å². The Morgan fingerprint density at radius 1 is 0.465 bits per heavy atom. The summed E-state index contributed by atoms with van der Waals surface area (Å²) < 4.78 is 0. The number of unbranched alkanes of at least 4 members (excludes halogenated alkanes) is 2. The van der Waals surface area contributed by atoms with Gasteiger partial charge in [0.15, 0.2) is 0 Å². The van der Waals surface area contributed by atoms with Gasteiger partial charge in [0.25, 0.3) is 11.8 Å². The molecule has 5 aromatic rings. The molecule has 2 aliphatic heterocycles. The molecule has 7 heterocycles. The van der Waals surface area contributed by atoms with Crippen molar-refractivity contribution in [2.24, 2.45) is 35.5 Å². The molecule has 386 valence electrons. The minimum Gasteiger partial charge on any atom is -0.306 e. The summed E-state index contributed by atoms with van der Waals surface area (Å²) in [5.74, 6) is 3.68. The Balaban J connectivity index is 1.25. The topological polar surface area (TPSA) is 40.6 Å². The summed E-state index contributed by atoms with van der Waals surface area (Å²) in [7, 11) is 0. The summed E-state index contributed by atoms with van der Waals surface area (Å²) in [4.78, 5) is 44.7. The first-order chi connectivity index (χ1) is 34.3. The number of rotatable bonds is 31. The molecule has 5 aromatic heterocycles. The maximum absolute atomic E-state index is 15.3. The minimum absolute atomic E-state index is 0.00450. The standard InChI is InChI=1S/C62H86N2O2S5/c1-11-15-24-45(13-3)39-63-57(50-26-19-36-67-50)55-56(62(63)66)58(64(61(55)65)40-46(14-4)25-16-12-2)51-32-34-53(70-51)60-48(30-28-44(10)23-18-21-42(7)8)38-54(71-60)49-31-33-52(69-49)59-47(35-37-68-59)29-27-43(9)22-17-20-41(5)6/h19,26,31-38,41-46H,11-18,20-25,27-30,39-40H2,1-10H3. The quantitative estimate of drug-likeness (QED) is 0.0444. The molecule has 4 nitrogen and oxygen atoms in total. The van der Waals surface area contributed by atoms with Gasteiger partial charge in [0, 0.05) is 42.4 Å². The van der Waals surface area contributed by atoms with Crippen molar-refractivity contribution in [3.63, 3.8) is 0 Å². The zero-order valence-corrected chi connectivity index (χ0v) is 49.2. The third-order valence-electron chi connectivity index (χ3n) is 15.4. The predicted octanol–water partition coefficient (Wildman–Crippen LogP) is 20.0. The number of amides is 2. The van der Waals surface area contributed by atoms with Crippen LogP contribution in [0.15, 0.2) is 70.4 Å². The van der Waals surface area contributed by atoms with Gasteiger partial charge in [0.2, 0.25) is 0 Å². The molecular formula is C62H86N2O2S5. The molecule has 71 heavy (non-hydrogen) atoms. The lowest BCUT2D eigenvalue weighted by Gasteiger charge is -2.29. The largest absolute Gasteiger partial charge is 0.306 e. The van der Waals surface area contributed by atoms with Crippen molar-refractivity contribution in [1.29, 1.82) is 0 Å². The first-order valence-electron chi connectivity index (χ1n) is 27.9. The fourth-order valence-corrected chi connectivity index (χ4v) is 16.1. The van der Waals surface area contributed by atoms with Gasteiger partial charge in [0.05, 0.1) is 32.3 Å². The zero-order valence-electron chi connectivity index (χ0n) is 45.1.